The van der Waals surface area contributed by atoms with E-state index in [9.17, 15) is 12.8 Å². The summed E-state index contributed by atoms with van der Waals surface area (Å²) in [5, 5.41) is 0. The van der Waals surface area contributed by atoms with E-state index >= 15 is 0 Å². The van der Waals surface area contributed by atoms with Crippen molar-refractivity contribution in [3.63, 3.8) is 0 Å². The van der Waals surface area contributed by atoms with Gasteiger partial charge in [0.25, 0.3) is 0 Å². The van der Waals surface area contributed by atoms with Crippen molar-refractivity contribution in [1.29, 1.82) is 0 Å². The lowest BCUT2D eigenvalue weighted by atomic mass is 10.0. The van der Waals surface area contributed by atoms with Crippen LogP contribution in [-0.2, 0) is 10.0 Å². The van der Waals surface area contributed by atoms with Gasteiger partial charge in [-0.25, -0.2) is 17.5 Å². The van der Waals surface area contributed by atoms with E-state index in [4.69, 9.17) is 0 Å². The Bertz CT molecular complexity index is 1160. The summed E-state index contributed by atoms with van der Waals surface area (Å²) in [5.41, 5.74) is 3.16. The molecule has 1 aliphatic heterocycles. The van der Waals surface area contributed by atoms with E-state index < -0.39 is 10.0 Å². The molecule has 34 heavy (non-hydrogen) atoms. The molecule has 0 aromatic heterocycles. The first-order chi connectivity index (χ1) is 16.3. The average molecular weight is 483 g/mol. The molecule has 0 radical (unpaired) electrons. The Balaban J connectivity index is 1.51. The molecule has 8 heteroatoms. The van der Waals surface area contributed by atoms with Crippen LogP contribution in [0, 0.1) is 5.82 Å². The third kappa shape index (κ3) is 5.75. The van der Waals surface area contributed by atoms with E-state index in [0.29, 0.717) is 0 Å². The highest BCUT2D eigenvalue weighted by molar-refractivity contribution is 7.89. The van der Waals surface area contributed by atoms with E-state index in [-0.39, 0.29) is 23.3 Å². The Labute approximate surface area is 201 Å². The Kier molecular flexibility index (Phi) is 7.50. The Morgan fingerprint density at radius 2 is 1.50 bits per heavy atom. The van der Waals surface area contributed by atoms with Gasteiger partial charge in [-0.2, -0.15) is 0 Å². The topological polar surface area (TPSA) is 55.9 Å². The number of sulfonamides is 1. The van der Waals surface area contributed by atoms with Crippen LogP contribution in [0.25, 0.3) is 0 Å². The lowest BCUT2D eigenvalue weighted by Crippen LogP contribution is -2.49. The highest BCUT2D eigenvalue weighted by Crippen LogP contribution is 2.26. The standard InChI is InChI=1S/C26H31FN4O2S/c1-29(2)23-12-8-21(9-13-23)26(20-28-34(32,33)25-6-4-3-5-7-25)31-18-16-30(17-19-31)24-14-10-22(27)11-15-24/h3-15,26,28H,16-20H2,1-2H3/t26-/m1/s1. The number of halogens is 1. The van der Waals surface area contributed by atoms with Gasteiger partial charge in [0.1, 0.15) is 5.82 Å². The van der Waals surface area contributed by atoms with Crippen LogP contribution in [-0.4, -0.2) is 60.1 Å². The zero-order valence-corrected chi connectivity index (χ0v) is 20.4. The summed E-state index contributed by atoms with van der Waals surface area (Å²) < 4.78 is 41.9. The molecule has 0 aliphatic carbocycles. The van der Waals surface area contributed by atoms with Crippen molar-refractivity contribution in [1.82, 2.24) is 9.62 Å². The maximum absolute atomic E-state index is 13.3. The van der Waals surface area contributed by atoms with E-state index in [1.807, 2.05) is 19.0 Å². The summed E-state index contributed by atoms with van der Waals surface area (Å²) in [6.45, 7) is 3.37. The number of benzene rings is 3. The van der Waals surface area contributed by atoms with Crippen molar-refractivity contribution in [2.24, 2.45) is 0 Å². The van der Waals surface area contributed by atoms with Gasteiger partial charge in [0, 0.05) is 64.2 Å². The van der Waals surface area contributed by atoms with E-state index in [1.54, 1.807) is 42.5 Å². The summed E-state index contributed by atoms with van der Waals surface area (Å²) in [7, 11) is 0.378. The van der Waals surface area contributed by atoms with Gasteiger partial charge in [0.15, 0.2) is 0 Å². The molecular weight excluding hydrogens is 451 g/mol. The van der Waals surface area contributed by atoms with Crippen molar-refractivity contribution in [2.75, 3.05) is 56.6 Å². The third-order valence-corrected chi connectivity index (χ3v) is 7.70. The predicted octanol–water partition coefficient (Wildman–Crippen LogP) is 3.73. The van der Waals surface area contributed by atoms with Crippen LogP contribution >= 0.6 is 0 Å². The molecule has 0 spiro atoms. The molecule has 0 amide bonds. The van der Waals surface area contributed by atoms with Gasteiger partial charge in [0.05, 0.1) is 4.90 Å². The Morgan fingerprint density at radius 3 is 2.09 bits per heavy atom. The van der Waals surface area contributed by atoms with Crippen molar-refractivity contribution in [2.45, 2.75) is 10.9 Å². The second kappa shape index (κ2) is 10.5. The van der Waals surface area contributed by atoms with E-state index in [1.165, 1.54) is 12.1 Å². The lowest BCUT2D eigenvalue weighted by molar-refractivity contribution is 0.187. The molecule has 6 nitrogen and oxygen atoms in total. The number of anilines is 2. The normalized spacial score (nSPS) is 15.8. The number of piperazine rings is 1. The van der Waals surface area contributed by atoms with E-state index in [2.05, 4.69) is 38.8 Å². The molecule has 0 unspecified atom stereocenters. The fourth-order valence-electron chi connectivity index (χ4n) is 4.27. The first kappa shape index (κ1) is 24.2. The first-order valence-corrected chi connectivity index (χ1v) is 12.9. The fourth-order valence-corrected chi connectivity index (χ4v) is 5.33. The molecule has 0 bridgehead atoms. The summed E-state index contributed by atoms with van der Waals surface area (Å²) >= 11 is 0. The number of nitrogens with one attached hydrogen (secondary N) is 1. The molecule has 3 aromatic rings. The van der Waals surface area contributed by atoms with Crippen LogP contribution in [0.1, 0.15) is 11.6 Å². The molecule has 3 aromatic carbocycles. The van der Waals surface area contributed by atoms with Crippen LogP contribution in [0.2, 0.25) is 0 Å². The SMILES string of the molecule is CN(C)c1ccc([C@@H](CNS(=O)(=O)c2ccccc2)N2CCN(c3ccc(F)cc3)CC2)cc1. The predicted molar refractivity (Wildman–Crippen MR) is 135 cm³/mol. The molecule has 0 saturated carbocycles. The minimum Gasteiger partial charge on any atom is -0.378 e. The highest BCUT2D eigenvalue weighted by Gasteiger charge is 2.27. The molecule has 1 N–H and O–H groups in total. The smallest absolute Gasteiger partial charge is 0.240 e. The van der Waals surface area contributed by atoms with E-state index in [0.717, 1.165) is 43.1 Å². The maximum atomic E-state index is 13.3. The average Bonchev–Trinajstić information content (AvgIpc) is 2.86. The van der Waals surface area contributed by atoms with Gasteiger partial charge in [-0.05, 0) is 54.1 Å². The van der Waals surface area contributed by atoms with Crippen molar-refractivity contribution < 1.29 is 12.8 Å². The monoisotopic (exact) mass is 482 g/mol. The minimum absolute atomic E-state index is 0.106. The largest absolute Gasteiger partial charge is 0.378 e. The number of hydrogen-bond acceptors (Lipinski definition) is 5. The molecular formula is C26H31FN4O2S. The number of nitrogens with zero attached hydrogens (tertiary/aromatic N) is 3. The van der Waals surface area contributed by atoms with Gasteiger partial charge < -0.3 is 9.80 Å². The molecule has 1 heterocycles. The summed E-state index contributed by atoms with van der Waals surface area (Å²) in [6, 6.07) is 23.2. The van der Waals surface area contributed by atoms with Crippen LogP contribution < -0.4 is 14.5 Å². The van der Waals surface area contributed by atoms with Gasteiger partial charge in [-0.3, -0.25) is 4.90 Å². The molecule has 1 atom stereocenters. The Morgan fingerprint density at radius 1 is 0.882 bits per heavy atom. The van der Waals surface area contributed by atoms with Crippen molar-refractivity contribution in [3.8, 4) is 0 Å². The van der Waals surface area contributed by atoms with Crippen LogP contribution in [0.5, 0.6) is 0 Å². The van der Waals surface area contributed by atoms with Gasteiger partial charge in [-0.1, -0.05) is 30.3 Å². The van der Waals surface area contributed by atoms with Gasteiger partial charge in [0.2, 0.25) is 10.0 Å². The Hall–Kier alpha value is -2.94. The summed E-state index contributed by atoms with van der Waals surface area (Å²) in [5.74, 6) is -0.241. The minimum atomic E-state index is -3.61. The van der Waals surface area contributed by atoms with Crippen LogP contribution in [0.4, 0.5) is 15.8 Å². The van der Waals surface area contributed by atoms with Gasteiger partial charge >= 0.3 is 0 Å². The maximum Gasteiger partial charge on any atom is 0.240 e. The zero-order chi connectivity index (χ0) is 24.1. The van der Waals surface area contributed by atoms with Crippen molar-refractivity contribution >= 4 is 21.4 Å². The second-order valence-corrected chi connectivity index (χ2v) is 10.4. The quantitative estimate of drug-likeness (QED) is 0.530. The third-order valence-electron chi connectivity index (χ3n) is 6.26. The fraction of sp³-hybridized carbons (Fsp3) is 0.308. The first-order valence-electron chi connectivity index (χ1n) is 11.4. The van der Waals surface area contributed by atoms with Crippen molar-refractivity contribution in [3.05, 3.63) is 90.2 Å². The van der Waals surface area contributed by atoms with Crippen LogP contribution in [0.15, 0.2) is 83.8 Å². The molecule has 1 fully saturated rings. The van der Waals surface area contributed by atoms with Crippen LogP contribution in [0.3, 0.4) is 0 Å². The molecule has 180 valence electrons. The second-order valence-electron chi connectivity index (χ2n) is 8.67. The zero-order valence-electron chi connectivity index (χ0n) is 19.6. The number of rotatable bonds is 8. The number of hydrogen-bond donors (Lipinski definition) is 1. The summed E-state index contributed by atoms with van der Waals surface area (Å²) in [6.07, 6.45) is 0. The van der Waals surface area contributed by atoms with Gasteiger partial charge in [-0.15, -0.1) is 0 Å². The molecule has 1 saturated heterocycles. The molecule has 4 rings (SSSR count). The lowest BCUT2D eigenvalue weighted by Gasteiger charge is -2.40. The summed E-state index contributed by atoms with van der Waals surface area (Å²) in [4.78, 5) is 6.85. The molecule has 1 aliphatic rings. The highest BCUT2D eigenvalue weighted by atomic mass is 32.2.